The van der Waals surface area contributed by atoms with Gasteiger partial charge in [0.1, 0.15) is 23.3 Å². The van der Waals surface area contributed by atoms with E-state index in [0.29, 0.717) is 11.4 Å². The van der Waals surface area contributed by atoms with E-state index in [1.54, 1.807) is 23.5 Å². The fourth-order valence-electron chi connectivity index (χ4n) is 3.57. The van der Waals surface area contributed by atoms with Crippen LogP contribution >= 0.6 is 11.3 Å². The number of hydrogen-bond acceptors (Lipinski definition) is 5. The fraction of sp³-hybridized carbons (Fsp3) is 0.136. The van der Waals surface area contributed by atoms with E-state index in [0.717, 1.165) is 27.3 Å². The predicted octanol–water partition coefficient (Wildman–Crippen LogP) is 4.61. The molecule has 1 N–H and O–H groups in total. The molecule has 7 heteroatoms. The second-order valence-corrected chi connectivity index (χ2v) is 7.90. The van der Waals surface area contributed by atoms with Gasteiger partial charge in [0.15, 0.2) is 0 Å². The zero-order chi connectivity index (χ0) is 20.0. The molecule has 0 bridgehead atoms. The summed E-state index contributed by atoms with van der Waals surface area (Å²) in [5.74, 6) is -0.00676. The van der Waals surface area contributed by atoms with Crippen molar-refractivity contribution in [3.63, 3.8) is 0 Å². The summed E-state index contributed by atoms with van der Waals surface area (Å²) in [5, 5.41) is 4.97. The Morgan fingerprint density at radius 1 is 1.24 bits per heavy atom. The van der Waals surface area contributed by atoms with Gasteiger partial charge in [-0.1, -0.05) is 24.3 Å². The van der Waals surface area contributed by atoms with Crippen molar-refractivity contribution in [2.45, 2.75) is 19.4 Å². The molecule has 1 atom stereocenters. The van der Waals surface area contributed by atoms with E-state index in [4.69, 9.17) is 9.72 Å². The first kappa shape index (κ1) is 17.6. The van der Waals surface area contributed by atoms with Crippen LogP contribution in [0.15, 0.2) is 60.1 Å². The summed E-state index contributed by atoms with van der Waals surface area (Å²) in [6.45, 7) is 2.00. The van der Waals surface area contributed by atoms with Crippen LogP contribution in [0.3, 0.4) is 0 Å². The van der Waals surface area contributed by atoms with E-state index in [1.807, 2.05) is 59.3 Å². The molecule has 5 rings (SSSR count). The lowest BCUT2D eigenvalue weighted by molar-refractivity contribution is -0.118. The first-order valence-electron chi connectivity index (χ1n) is 9.22. The summed E-state index contributed by atoms with van der Waals surface area (Å²) in [6, 6.07) is 15.0. The van der Waals surface area contributed by atoms with Crippen molar-refractivity contribution in [3.8, 4) is 10.6 Å². The van der Waals surface area contributed by atoms with Crippen LogP contribution in [0, 0.1) is 6.92 Å². The maximum atomic E-state index is 12.9. The van der Waals surface area contributed by atoms with Gasteiger partial charge in [0.2, 0.25) is 5.91 Å². The normalized spacial score (nSPS) is 15.3. The SMILES string of the molecule is Cc1ccn2c(NC(=O)C[C@H]3OC(=O)c4ccccc43)c(-c3cccs3)nc2c1. The quantitative estimate of drug-likeness (QED) is 0.505. The Morgan fingerprint density at radius 2 is 2.10 bits per heavy atom. The van der Waals surface area contributed by atoms with Gasteiger partial charge in [-0.15, -0.1) is 11.3 Å². The summed E-state index contributed by atoms with van der Waals surface area (Å²) in [4.78, 5) is 30.6. The van der Waals surface area contributed by atoms with Crippen LogP contribution < -0.4 is 5.32 Å². The number of pyridine rings is 1. The molecule has 144 valence electrons. The molecule has 1 aliphatic rings. The van der Waals surface area contributed by atoms with Crippen LogP contribution in [0.2, 0.25) is 0 Å². The Balaban J connectivity index is 1.47. The summed E-state index contributed by atoms with van der Waals surface area (Å²) in [6.07, 6.45) is 1.37. The number of aromatic nitrogens is 2. The van der Waals surface area contributed by atoms with Crippen LogP contribution in [-0.2, 0) is 9.53 Å². The number of cyclic esters (lactones) is 1. The minimum Gasteiger partial charge on any atom is -0.453 e. The smallest absolute Gasteiger partial charge is 0.339 e. The summed E-state index contributed by atoms with van der Waals surface area (Å²) in [5.41, 5.74) is 3.85. The van der Waals surface area contributed by atoms with E-state index in [9.17, 15) is 9.59 Å². The molecule has 4 aromatic rings. The Kier molecular flexibility index (Phi) is 4.17. The number of hydrogen-bond donors (Lipinski definition) is 1. The standard InChI is InChI=1S/C22H17N3O3S/c1-13-8-9-25-18(11-13)23-20(17-7-4-10-29-17)21(25)24-19(26)12-16-14-5-2-3-6-15(14)22(27)28-16/h2-11,16H,12H2,1H3,(H,24,26)/t16-/m1/s1. The van der Waals surface area contributed by atoms with E-state index < -0.39 is 6.10 Å². The van der Waals surface area contributed by atoms with Crippen molar-refractivity contribution in [1.82, 2.24) is 9.38 Å². The lowest BCUT2D eigenvalue weighted by Crippen LogP contribution is -2.17. The molecule has 1 aromatic carbocycles. The Labute approximate surface area is 170 Å². The van der Waals surface area contributed by atoms with Crippen molar-refractivity contribution in [2.24, 2.45) is 0 Å². The number of ether oxygens (including phenoxy) is 1. The molecule has 0 fully saturated rings. The molecule has 0 saturated heterocycles. The van der Waals surface area contributed by atoms with Crippen LogP contribution in [0.1, 0.15) is 34.0 Å². The first-order chi connectivity index (χ1) is 14.1. The number of carbonyl (C=O) groups is 2. The molecule has 3 aromatic heterocycles. The van der Waals surface area contributed by atoms with E-state index in [2.05, 4.69) is 5.32 Å². The molecule has 0 saturated carbocycles. The van der Waals surface area contributed by atoms with Gasteiger partial charge in [-0.25, -0.2) is 9.78 Å². The van der Waals surface area contributed by atoms with Gasteiger partial charge < -0.3 is 10.1 Å². The molecule has 4 heterocycles. The number of carbonyl (C=O) groups excluding carboxylic acids is 2. The minimum absolute atomic E-state index is 0.0473. The maximum Gasteiger partial charge on any atom is 0.339 e. The number of fused-ring (bicyclic) bond motifs is 2. The molecular formula is C22H17N3O3S. The molecule has 0 radical (unpaired) electrons. The summed E-state index contributed by atoms with van der Waals surface area (Å²) >= 11 is 1.56. The van der Waals surface area contributed by atoms with E-state index in [1.165, 1.54) is 0 Å². The van der Waals surface area contributed by atoms with Gasteiger partial charge >= 0.3 is 5.97 Å². The number of imidazole rings is 1. The van der Waals surface area contributed by atoms with Gasteiger partial charge in [0, 0.05) is 11.8 Å². The zero-order valence-corrected chi connectivity index (χ0v) is 16.4. The largest absolute Gasteiger partial charge is 0.453 e. The topological polar surface area (TPSA) is 72.7 Å². The summed E-state index contributed by atoms with van der Waals surface area (Å²) in [7, 11) is 0. The van der Waals surface area contributed by atoms with E-state index >= 15 is 0 Å². The maximum absolute atomic E-state index is 12.9. The Bertz CT molecular complexity index is 1240. The number of aryl methyl sites for hydroxylation is 1. The highest BCUT2D eigenvalue weighted by molar-refractivity contribution is 7.13. The van der Waals surface area contributed by atoms with Crippen molar-refractivity contribution >= 4 is 34.7 Å². The number of rotatable bonds is 4. The number of amides is 1. The Morgan fingerprint density at radius 3 is 2.93 bits per heavy atom. The molecular weight excluding hydrogens is 386 g/mol. The number of thiophene rings is 1. The second-order valence-electron chi connectivity index (χ2n) is 6.95. The van der Waals surface area contributed by atoms with Gasteiger partial charge in [-0.05, 0) is 42.1 Å². The minimum atomic E-state index is -0.578. The number of nitrogens with one attached hydrogen (secondary N) is 1. The average molecular weight is 403 g/mol. The third kappa shape index (κ3) is 3.09. The van der Waals surface area contributed by atoms with Crippen molar-refractivity contribution in [1.29, 1.82) is 0 Å². The number of benzene rings is 1. The third-order valence-electron chi connectivity index (χ3n) is 4.94. The number of anilines is 1. The average Bonchev–Trinajstić information content (AvgIpc) is 3.41. The van der Waals surface area contributed by atoms with E-state index in [-0.39, 0.29) is 18.3 Å². The van der Waals surface area contributed by atoms with Crippen molar-refractivity contribution < 1.29 is 14.3 Å². The highest BCUT2D eigenvalue weighted by Crippen LogP contribution is 2.35. The van der Waals surface area contributed by atoms with Gasteiger partial charge in [0.05, 0.1) is 16.9 Å². The van der Waals surface area contributed by atoms with Gasteiger partial charge in [-0.2, -0.15) is 0 Å². The molecule has 29 heavy (non-hydrogen) atoms. The van der Waals surface area contributed by atoms with Crippen molar-refractivity contribution in [2.75, 3.05) is 5.32 Å². The van der Waals surface area contributed by atoms with Crippen LogP contribution in [0.25, 0.3) is 16.2 Å². The number of nitrogens with zero attached hydrogens (tertiary/aromatic N) is 2. The predicted molar refractivity (Wildman–Crippen MR) is 111 cm³/mol. The van der Waals surface area contributed by atoms with Crippen molar-refractivity contribution in [3.05, 3.63) is 76.8 Å². The number of esters is 1. The molecule has 1 amide bonds. The van der Waals surface area contributed by atoms with Crippen LogP contribution in [0.4, 0.5) is 5.82 Å². The summed E-state index contributed by atoms with van der Waals surface area (Å²) < 4.78 is 7.28. The van der Waals surface area contributed by atoms with Crippen LogP contribution in [-0.4, -0.2) is 21.3 Å². The van der Waals surface area contributed by atoms with Gasteiger partial charge in [0.25, 0.3) is 0 Å². The first-order valence-corrected chi connectivity index (χ1v) is 10.1. The Hall–Kier alpha value is -3.45. The monoisotopic (exact) mass is 403 g/mol. The molecule has 6 nitrogen and oxygen atoms in total. The highest BCUT2D eigenvalue weighted by atomic mass is 32.1. The molecule has 0 aliphatic carbocycles. The zero-order valence-electron chi connectivity index (χ0n) is 15.6. The highest BCUT2D eigenvalue weighted by Gasteiger charge is 2.32. The second kappa shape index (κ2) is 6.86. The fourth-order valence-corrected chi connectivity index (χ4v) is 4.29. The van der Waals surface area contributed by atoms with Gasteiger partial charge in [-0.3, -0.25) is 9.20 Å². The molecule has 0 unspecified atom stereocenters. The lowest BCUT2D eigenvalue weighted by Gasteiger charge is -2.12. The third-order valence-corrected chi connectivity index (χ3v) is 5.82. The van der Waals surface area contributed by atoms with Crippen LogP contribution in [0.5, 0.6) is 0 Å². The molecule has 1 aliphatic heterocycles. The lowest BCUT2D eigenvalue weighted by atomic mass is 10.0. The molecule has 0 spiro atoms.